The van der Waals surface area contributed by atoms with E-state index in [1.165, 1.54) is 4.31 Å². The van der Waals surface area contributed by atoms with Gasteiger partial charge in [0.25, 0.3) is 10.2 Å². The summed E-state index contributed by atoms with van der Waals surface area (Å²) in [5.41, 5.74) is 6.45. The Morgan fingerprint density at radius 3 is 2.44 bits per heavy atom. The Labute approximate surface area is 109 Å². The van der Waals surface area contributed by atoms with Crippen molar-refractivity contribution in [2.75, 3.05) is 13.6 Å². The second-order valence-corrected chi connectivity index (χ2v) is 6.01. The van der Waals surface area contributed by atoms with Crippen molar-refractivity contribution in [2.24, 2.45) is 5.73 Å². The SMILES string of the molecule is CCC(CN)NS(=O)(=O)N(C)Cc1ccccc1. The quantitative estimate of drug-likeness (QED) is 0.766. The molecule has 1 aromatic carbocycles. The molecule has 0 aliphatic carbocycles. The standard InChI is InChI=1S/C12H21N3O2S/c1-3-12(9-13)14-18(16,17)15(2)10-11-7-5-4-6-8-11/h4-8,12,14H,3,9-10,13H2,1-2H3. The molecule has 0 amide bonds. The minimum atomic E-state index is -3.48. The predicted molar refractivity (Wildman–Crippen MR) is 73.1 cm³/mol. The molecule has 1 atom stereocenters. The van der Waals surface area contributed by atoms with Gasteiger partial charge in [-0.25, -0.2) is 0 Å². The van der Waals surface area contributed by atoms with Gasteiger partial charge in [0, 0.05) is 26.2 Å². The van der Waals surface area contributed by atoms with E-state index in [9.17, 15) is 8.42 Å². The molecule has 5 nitrogen and oxygen atoms in total. The van der Waals surface area contributed by atoms with Crippen LogP contribution in [0.3, 0.4) is 0 Å². The molecule has 0 aromatic heterocycles. The summed E-state index contributed by atoms with van der Waals surface area (Å²) < 4.78 is 27.9. The zero-order chi connectivity index (χ0) is 13.6. The van der Waals surface area contributed by atoms with E-state index in [-0.39, 0.29) is 6.04 Å². The zero-order valence-corrected chi connectivity index (χ0v) is 11.7. The van der Waals surface area contributed by atoms with Gasteiger partial charge >= 0.3 is 0 Å². The molecule has 0 fully saturated rings. The fourth-order valence-electron chi connectivity index (χ4n) is 1.52. The fraction of sp³-hybridized carbons (Fsp3) is 0.500. The van der Waals surface area contributed by atoms with Crippen LogP contribution in [0, 0.1) is 0 Å². The first-order valence-corrected chi connectivity index (χ1v) is 7.41. The summed E-state index contributed by atoms with van der Waals surface area (Å²) in [6, 6.07) is 9.25. The second kappa shape index (κ2) is 6.84. The van der Waals surface area contributed by atoms with Gasteiger partial charge < -0.3 is 5.73 Å². The van der Waals surface area contributed by atoms with E-state index in [2.05, 4.69) is 4.72 Å². The third-order valence-electron chi connectivity index (χ3n) is 2.75. The summed E-state index contributed by atoms with van der Waals surface area (Å²) in [5, 5.41) is 0. The molecule has 1 unspecified atom stereocenters. The average Bonchev–Trinajstić information content (AvgIpc) is 2.37. The monoisotopic (exact) mass is 271 g/mol. The molecule has 0 radical (unpaired) electrons. The first-order chi connectivity index (χ1) is 8.49. The number of hydrogen-bond donors (Lipinski definition) is 2. The van der Waals surface area contributed by atoms with Gasteiger partial charge in [-0.15, -0.1) is 0 Å². The molecule has 0 saturated heterocycles. The van der Waals surface area contributed by atoms with Crippen molar-refractivity contribution in [1.29, 1.82) is 0 Å². The smallest absolute Gasteiger partial charge is 0.279 e. The second-order valence-electron chi connectivity index (χ2n) is 4.21. The Morgan fingerprint density at radius 2 is 1.94 bits per heavy atom. The molecule has 18 heavy (non-hydrogen) atoms. The van der Waals surface area contributed by atoms with Gasteiger partial charge in [0.15, 0.2) is 0 Å². The molecule has 1 aromatic rings. The first kappa shape index (κ1) is 15.1. The Bertz CT molecular complexity index is 444. The molecule has 3 N–H and O–H groups in total. The highest BCUT2D eigenvalue weighted by Gasteiger charge is 2.20. The molecule has 0 saturated carbocycles. The van der Waals surface area contributed by atoms with Gasteiger partial charge in [0.05, 0.1) is 0 Å². The molecule has 6 heteroatoms. The number of nitrogens with one attached hydrogen (secondary N) is 1. The molecule has 0 aliphatic heterocycles. The number of rotatable bonds is 7. The van der Waals surface area contributed by atoms with Crippen molar-refractivity contribution < 1.29 is 8.42 Å². The van der Waals surface area contributed by atoms with Crippen LogP contribution in [0.5, 0.6) is 0 Å². The van der Waals surface area contributed by atoms with E-state index < -0.39 is 10.2 Å². The van der Waals surface area contributed by atoms with Crippen molar-refractivity contribution in [1.82, 2.24) is 9.03 Å². The van der Waals surface area contributed by atoms with Crippen molar-refractivity contribution in [3.05, 3.63) is 35.9 Å². The first-order valence-electron chi connectivity index (χ1n) is 5.97. The lowest BCUT2D eigenvalue weighted by atomic mass is 10.2. The third-order valence-corrected chi connectivity index (χ3v) is 4.33. The Kier molecular flexibility index (Phi) is 5.74. The van der Waals surface area contributed by atoms with Crippen molar-refractivity contribution in [3.8, 4) is 0 Å². The van der Waals surface area contributed by atoms with Crippen molar-refractivity contribution in [2.45, 2.75) is 25.9 Å². The fourth-order valence-corrected chi connectivity index (χ4v) is 2.71. The van der Waals surface area contributed by atoms with Gasteiger partial charge in [0.1, 0.15) is 0 Å². The lowest BCUT2D eigenvalue weighted by Crippen LogP contribution is -2.46. The topological polar surface area (TPSA) is 75.4 Å². The van der Waals surface area contributed by atoms with E-state index in [1.54, 1.807) is 7.05 Å². The van der Waals surface area contributed by atoms with Gasteiger partial charge in [-0.05, 0) is 12.0 Å². The summed E-state index contributed by atoms with van der Waals surface area (Å²) >= 11 is 0. The molecule has 1 rings (SSSR count). The van der Waals surface area contributed by atoms with Crippen LogP contribution in [0.15, 0.2) is 30.3 Å². The Hall–Kier alpha value is -0.950. The van der Waals surface area contributed by atoms with E-state index in [0.29, 0.717) is 19.5 Å². The van der Waals surface area contributed by atoms with Crippen LogP contribution in [0.2, 0.25) is 0 Å². The summed E-state index contributed by atoms with van der Waals surface area (Å²) in [5.74, 6) is 0. The van der Waals surface area contributed by atoms with Gasteiger partial charge in [-0.3, -0.25) is 0 Å². The Balaban J connectivity index is 2.68. The van der Waals surface area contributed by atoms with E-state index in [4.69, 9.17) is 5.73 Å². The largest absolute Gasteiger partial charge is 0.329 e. The van der Waals surface area contributed by atoms with Crippen LogP contribution < -0.4 is 10.5 Å². The van der Waals surface area contributed by atoms with Crippen molar-refractivity contribution in [3.63, 3.8) is 0 Å². The van der Waals surface area contributed by atoms with Gasteiger partial charge in [-0.1, -0.05) is 37.3 Å². The molecule has 102 valence electrons. The summed E-state index contributed by atoms with van der Waals surface area (Å²) in [6.07, 6.45) is 0.676. The van der Waals surface area contributed by atoms with Crippen LogP contribution in [0.25, 0.3) is 0 Å². The molecule has 0 spiro atoms. The number of nitrogens with two attached hydrogens (primary N) is 1. The minimum absolute atomic E-state index is 0.215. The van der Waals surface area contributed by atoms with Gasteiger partial charge in [-0.2, -0.15) is 17.4 Å². The predicted octanol–water partition coefficient (Wildman–Crippen LogP) is 0.690. The van der Waals surface area contributed by atoms with Crippen LogP contribution in [-0.2, 0) is 16.8 Å². The highest BCUT2D eigenvalue weighted by Crippen LogP contribution is 2.06. The zero-order valence-electron chi connectivity index (χ0n) is 10.8. The molecular weight excluding hydrogens is 250 g/mol. The maximum Gasteiger partial charge on any atom is 0.279 e. The van der Waals surface area contributed by atoms with Crippen LogP contribution in [0.4, 0.5) is 0 Å². The molecule has 0 aliphatic rings. The lowest BCUT2D eigenvalue weighted by molar-refractivity contribution is 0.441. The normalized spacial score (nSPS) is 13.8. The number of hydrogen-bond acceptors (Lipinski definition) is 3. The van der Waals surface area contributed by atoms with Crippen molar-refractivity contribution >= 4 is 10.2 Å². The van der Waals surface area contributed by atoms with Crippen LogP contribution in [0.1, 0.15) is 18.9 Å². The molecular formula is C12H21N3O2S. The number of benzene rings is 1. The average molecular weight is 271 g/mol. The lowest BCUT2D eigenvalue weighted by Gasteiger charge is -2.21. The van der Waals surface area contributed by atoms with Gasteiger partial charge in [0.2, 0.25) is 0 Å². The third kappa shape index (κ3) is 4.38. The highest BCUT2D eigenvalue weighted by atomic mass is 32.2. The summed E-state index contributed by atoms with van der Waals surface area (Å²) in [7, 11) is -1.92. The van der Waals surface area contributed by atoms with E-state index in [0.717, 1.165) is 5.56 Å². The van der Waals surface area contributed by atoms with E-state index >= 15 is 0 Å². The Morgan fingerprint density at radius 1 is 1.33 bits per heavy atom. The maximum absolute atomic E-state index is 12.0. The summed E-state index contributed by atoms with van der Waals surface area (Å²) in [4.78, 5) is 0. The number of nitrogens with zero attached hydrogens (tertiary/aromatic N) is 1. The molecule has 0 bridgehead atoms. The maximum atomic E-state index is 12.0. The van der Waals surface area contributed by atoms with Crippen LogP contribution >= 0.6 is 0 Å². The van der Waals surface area contributed by atoms with E-state index in [1.807, 2.05) is 37.3 Å². The molecule has 0 heterocycles. The summed E-state index contributed by atoms with van der Waals surface area (Å²) in [6.45, 7) is 2.54. The van der Waals surface area contributed by atoms with Crippen LogP contribution in [-0.4, -0.2) is 32.4 Å². The minimum Gasteiger partial charge on any atom is -0.329 e. The highest BCUT2D eigenvalue weighted by molar-refractivity contribution is 7.87.